The summed E-state index contributed by atoms with van der Waals surface area (Å²) in [5, 5.41) is 11.5. The Morgan fingerprint density at radius 2 is 2.11 bits per heavy atom. The molecule has 0 aliphatic rings. The molecule has 0 fully saturated rings. The summed E-state index contributed by atoms with van der Waals surface area (Å²) in [5.74, 6) is -1.09. The fourth-order valence-electron chi connectivity index (χ4n) is 1.57. The number of aromatic nitrogens is 1. The summed E-state index contributed by atoms with van der Waals surface area (Å²) < 4.78 is 6.86. The van der Waals surface area contributed by atoms with E-state index in [0.29, 0.717) is 0 Å². The zero-order valence-electron chi connectivity index (χ0n) is 11.6. The Morgan fingerprint density at radius 3 is 2.53 bits per heavy atom. The van der Waals surface area contributed by atoms with Crippen LogP contribution in [0.4, 0.5) is 4.79 Å². The molecule has 6 nitrogen and oxygen atoms in total. The second kappa shape index (κ2) is 5.77. The lowest BCUT2D eigenvalue weighted by atomic mass is 10.1. The Balaban J connectivity index is 2.63. The Labute approximate surface area is 112 Å². The third kappa shape index (κ3) is 5.46. The first kappa shape index (κ1) is 15.1. The number of amides is 1. The molecular formula is C13H20N2O4. The lowest BCUT2D eigenvalue weighted by Gasteiger charge is -2.21. The van der Waals surface area contributed by atoms with Crippen LogP contribution in [0.25, 0.3) is 0 Å². The van der Waals surface area contributed by atoms with E-state index in [0.717, 1.165) is 5.56 Å². The number of aryl methyl sites for hydroxylation is 1. The molecule has 0 aliphatic carbocycles. The van der Waals surface area contributed by atoms with Crippen molar-refractivity contribution < 1.29 is 19.4 Å². The number of carbonyl (C=O) groups is 2. The average molecular weight is 268 g/mol. The fraction of sp³-hybridized carbons (Fsp3) is 0.538. The summed E-state index contributed by atoms with van der Waals surface area (Å²) in [4.78, 5) is 22.7. The highest BCUT2D eigenvalue weighted by molar-refractivity contribution is 5.80. The van der Waals surface area contributed by atoms with Crippen molar-refractivity contribution in [2.24, 2.45) is 7.05 Å². The molecule has 2 N–H and O–H groups in total. The van der Waals surface area contributed by atoms with Crippen molar-refractivity contribution in [3.63, 3.8) is 0 Å². The van der Waals surface area contributed by atoms with Crippen LogP contribution in [0.15, 0.2) is 18.5 Å². The number of hydrogen-bond acceptors (Lipinski definition) is 3. The molecule has 1 rings (SSSR count). The molecule has 0 bridgehead atoms. The summed E-state index contributed by atoms with van der Waals surface area (Å²) in [6.07, 6.45) is 3.12. The van der Waals surface area contributed by atoms with Gasteiger partial charge in [-0.2, -0.15) is 0 Å². The second-order valence-electron chi connectivity index (χ2n) is 5.43. The average Bonchev–Trinajstić information content (AvgIpc) is 2.60. The van der Waals surface area contributed by atoms with Gasteiger partial charge < -0.3 is 19.7 Å². The minimum absolute atomic E-state index is 0.218. The number of nitrogens with one attached hydrogen (secondary N) is 1. The first-order valence-electron chi connectivity index (χ1n) is 6.00. The summed E-state index contributed by atoms with van der Waals surface area (Å²) in [6, 6.07) is 0.810. The van der Waals surface area contributed by atoms with Crippen molar-refractivity contribution in [1.82, 2.24) is 9.88 Å². The number of carboxylic acid groups (broad SMARTS) is 1. The van der Waals surface area contributed by atoms with Gasteiger partial charge in [0.25, 0.3) is 0 Å². The zero-order valence-corrected chi connectivity index (χ0v) is 11.6. The number of ether oxygens (including phenoxy) is 1. The maximum absolute atomic E-state index is 11.6. The van der Waals surface area contributed by atoms with E-state index in [1.54, 1.807) is 20.8 Å². The lowest BCUT2D eigenvalue weighted by Crippen LogP contribution is -2.44. The quantitative estimate of drug-likeness (QED) is 0.868. The van der Waals surface area contributed by atoms with Gasteiger partial charge in [-0.1, -0.05) is 0 Å². The van der Waals surface area contributed by atoms with Crippen LogP contribution in [0.1, 0.15) is 26.3 Å². The molecule has 1 amide bonds. The van der Waals surface area contributed by atoms with Gasteiger partial charge in [0.05, 0.1) is 0 Å². The molecule has 1 heterocycles. The fourth-order valence-corrected chi connectivity index (χ4v) is 1.57. The topological polar surface area (TPSA) is 80.6 Å². The van der Waals surface area contributed by atoms with Crippen LogP contribution >= 0.6 is 0 Å². The van der Waals surface area contributed by atoms with Crippen molar-refractivity contribution in [3.8, 4) is 0 Å². The van der Waals surface area contributed by atoms with E-state index in [2.05, 4.69) is 5.32 Å². The van der Waals surface area contributed by atoms with Crippen LogP contribution in [0.5, 0.6) is 0 Å². The van der Waals surface area contributed by atoms with E-state index >= 15 is 0 Å². The molecule has 0 aliphatic heterocycles. The van der Waals surface area contributed by atoms with E-state index in [4.69, 9.17) is 9.84 Å². The van der Waals surface area contributed by atoms with Gasteiger partial charge in [-0.15, -0.1) is 0 Å². The minimum atomic E-state index is -1.09. The van der Waals surface area contributed by atoms with Crippen LogP contribution in [-0.2, 0) is 23.0 Å². The first-order chi connectivity index (χ1) is 8.67. The van der Waals surface area contributed by atoms with Crippen molar-refractivity contribution in [2.75, 3.05) is 0 Å². The van der Waals surface area contributed by atoms with Crippen LogP contribution in [0.2, 0.25) is 0 Å². The Hall–Kier alpha value is -1.98. The SMILES string of the molecule is Cn1ccc(CC(NC(=O)OC(C)(C)C)C(=O)O)c1. The predicted octanol–water partition coefficient (Wildman–Crippen LogP) is 1.55. The Kier molecular flexibility index (Phi) is 4.58. The largest absolute Gasteiger partial charge is 0.480 e. The molecule has 19 heavy (non-hydrogen) atoms. The molecule has 0 saturated carbocycles. The number of carbonyl (C=O) groups excluding carboxylic acids is 1. The molecule has 106 valence electrons. The van der Waals surface area contributed by atoms with Crippen molar-refractivity contribution in [1.29, 1.82) is 0 Å². The third-order valence-corrected chi connectivity index (χ3v) is 2.32. The highest BCUT2D eigenvalue weighted by atomic mass is 16.6. The summed E-state index contributed by atoms with van der Waals surface area (Å²) in [5.41, 5.74) is 0.186. The van der Waals surface area contributed by atoms with Gasteiger partial charge in [-0.25, -0.2) is 9.59 Å². The smallest absolute Gasteiger partial charge is 0.408 e. The molecule has 1 atom stereocenters. The van der Waals surface area contributed by atoms with Gasteiger partial charge in [0.1, 0.15) is 11.6 Å². The highest BCUT2D eigenvalue weighted by Gasteiger charge is 2.24. The van der Waals surface area contributed by atoms with Gasteiger partial charge in [0.15, 0.2) is 0 Å². The van der Waals surface area contributed by atoms with Crippen LogP contribution in [-0.4, -0.2) is 33.4 Å². The van der Waals surface area contributed by atoms with E-state index in [1.807, 2.05) is 30.1 Å². The Bertz CT molecular complexity index is 459. The molecular weight excluding hydrogens is 248 g/mol. The van der Waals surface area contributed by atoms with Gasteiger partial charge in [-0.3, -0.25) is 0 Å². The van der Waals surface area contributed by atoms with Gasteiger partial charge in [0, 0.05) is 25.9 Å². The van der Waals surface area contributed by atoms with Crippen LogP contribution in [0.3, 0.4) is 0 Å². The van der Waals surface area contributed by atoms with E-state index < -0.39 is 23.7 Å². The van der Waals surface area contributed by atoms with E-state index in [9.17, 15) is 9.59 Å². The number of alkyl carbamates (subject to hydrolysis) is 1. The summed E-state index contributed by atoms with van der Waals surface area (Å²) in [6.45, 7) is 5.17. The molecule has 0 radical (unpaired) electrons. The molecule has 1 aromatic rings. The first-order valence-corrected chi connectivity index (χ1v) is 6.00. The second-order valence-corrected chi connectivity index (χ2v) is 5.43. The van der Waals surface area contributed by atoms with E-state index in [1.165, 1.54) is 0 Å². The lowest BCUT2D eigenvalue weighted by molar-refractivity contribution is -0.139. The standard InChI is InChI=1S/C13H20N2O4/c1-13(2,3)19-12(18)14-10(11(16)17)7-9-5-6-15(4)8-9/h5-6,8,10H,7H2,1-4H3,(H,14,18)(H,16,17). The molecule has 0 saturated heterocycles. The van der Waals surface area contributed by atoms with Crippen molar-refractivity contribution in [2.45, 2.75) is 38.8 Å². The number of aliphatic carboxylic acids is 1. The highest BCUT2D eigenvalue weighted by Crippen LogP contribution is 2.08. The Morgan fingerprint density at radius 1 is 1.47 bits per heavy atom. The number of hydrogen-bond donors (Lipinski definition) is 2. The molecule has 1 unspecified atom stereocenters. The van der Waals surface area contributed by atoms with Crippen LogP contribution < -0.4 is 5.32 Å². The van der Waals surface area contributed by atoms with Gasteiger partial charge in [-0.05, 0) is 32.4 Å². The van der Waals surface area contributed by atoms with Crippen molar-refractivity contribution >= 4 is 12.1 Å². The molecule has 1 aromatic heterocycles. The van der Waals surface area contributed by atoms with Gasteiger partial charge >= 0.3 is 12.1 Å². The van der Waals surface area contributed by atoms with Crippen molar-refractivity contribution in [3.05, 3.63) is 24.0 Å². The summed E-state index contributed by atoms with van der Waals surface area (Å²) >= 11 is 0. The maximum Gasteiger partial charge on any atom is 0.408 e. The van der Waals surface area contributed by atoms with Crippen LogP contribution in [0, 0.1) is 0 Å². The van der Waals surface area contributed by atoms with Gasteiger partial charge in [0.2, 0.25) is 0 Å². The van der Waals surface area contributed by atoms with E-state index in [-0.39, 0.29) is 6.42 Å². The normalized spacial score (nSPS) is 12.8. The third-order valence-electron chi connectivity index (χ3n) is 2.32. The minimum Gasteiger partial charge on any atom is -0.480 e. The summed E-state index contributed by atoms with van der Waals surface area (Å²) in [7, 11) is 1.85. The zero-order chi connectivity index (χ0) is 14.6. The molecule has 0 spiro atoms. The monoisotopic (exact) mass is 268 g/mol. The number of nitrogens with zero attached hydrogens (tertiary/aromatic N) is 1. The number of rotatable bonds is 4. The molecule has 0 aromatic carbocycles. The molecule has 6 heteroatoms. The maximum atomic E-state index is 11.6. The predicted molar refractivity (Wildman–Crippen MR) is 69.9 cm³/mol. The number of carboxylic acids is 1.